The van der Waals surface area contributed by atoms with Crippen LogP contribution in [0, 0.1) is 0 Å². The molecule has 172 valence electrons. The number of ketones is 1. The van der Waals surface area contributed by atoms with Crippen molar-refractivity contribution < 1.29 is 41.0 Å². The lowest BCUT2D eigenvalue weighted by atomic mass is 9.99. The fourth-order valence-electron chi connectivity index (χ4n) is 3.42. The van der Waals surface area contributed by atoms with Crippen LogP contribution in [0.5, 0.6) is 11.5 Å². The number of halogens is 2. The Morgan fingerprint density at radius 3 is 2.59 bits per heavy atom. The predicted molar refractivity (Wildman–Crippen MR) is 111 cm³/mol. The highest BCUT2D eigenvalue weighted by atomic mass is 32.2. The maximum atomic E-state index is 12.7. The summed E-state index contributed by atoms with van der Waals surface area (Å²) in [7, 11) is -2.21. The SMILES string of the molecule is COc1cccc(C(=O)OCC(=O)c2ccc3c(c2)CCCN3S(C)(=O)=O)c1OC(F)F. The van der Waals surface area contributed by atoms with Crippen LogP contribution >= 0.6 is 0 Å². The van der Waals surface area contributed by atoms with Crippen molar-refractivity contribution in [1.82, 2.24) is 0 Å². The summed E-state index contributed by atoms with van der Waals surface area (Å²) >= 11 is 0. The second-order valence-electron chi connectivity index (χ2n) is 7.00. The Kier molecular flexibility index (Phi) is 6.97. The summed E-state index contributed by atoms with van der Waals surface area (Å²) in [6.45, 7) is -3.47. The van der Waals surface area contributed by atoms with Gasteiger partial charge in [-0.05, 0) is 48.7 Å². The van der Waals surface area contributed by atoms with Gasteiger partial charge in [-0.3, -0.25) is 9.10 Å². The van der Waals surface area contributed by atoms with E-state index >= 15 is 0 Å². The molecule has 32 heavy (non-hydrogen) atoms. The van der Waals surface area contributed by atoms with Gasteiger partial charge in [-0.2, -0.15) is 8.78 Å². The molecule has 2 aromatic carbocycles. The predicted octanol–water partition coefficient (Wildman–Crippen LogP) is 3.05. The molecule has 11 heteroatoms. The van der Waals surface area contributed by atoms with Gasteiger partial charge in [0, 0.05) is 12.1 Å². The van der Waals surface area contributed by atoms with Crippen LogP contribution in [0.3, 0.4) is 0 Å². The number of ether oxygens (including phenoxy) is 3. The molecule has 0 atom stereocenters. The van der Waals surface area contributed by atoms with E-state index in [9.17, 15) is 26.8 Å². The van der Waals surface area contributed by atoms with Gasteiger partial charge in [-0.1, -0.05) is 6.07 Å². The van der Waals surface area contributed by atoms with Gasteiger partial charge >= 0.3 is 12.6 Å². The number of aryl methyl sites for hydroxylation is 1. The Morgan fingerprint density at radius 1 is 1.19 bits per heavy atom. The van der Waals surface area contributed by atoms with E-state index in [1.165, 1.54) is 35.7 Å². The minimum absolute atomic E-state index is 0.0869. The van der Waals surface area contributed by atoms with Crippen molar-refractivity contribution in [2.24, 2.45) is 0 Å². The molecule has 0 fully saturated rings. The summed E-state index contributed by atoms with van der Waals surface area (Å²) in [4.78, 5) is 25.0. The second kappa shape index (κ2) is 9.51. The van der Waals surface area contributed by atoms with E-state index in [4.69, 9.17) is 9.47 Å². The Balaban J connectivity index is 1.75. The molecule has 0 saturated carbocycles. The number of para-hydroxylation sites is 1. The molecule has 0 saturated heterocycles. The number of methoxy groups -OCH3 is 1. The number of anilines is 1. The van der Waals surface area contributed by atoms with E-state index in [0.29, 0.717) is 30.6 Å². The summed E-state index contributed by atoms with van der Waals surface area (Å²) in [5, 5.41) is 0. The number of Topliss-reactive ketones (excluding diaryl/α,β-unsaturated/α-hetero) is 1. The van der Waals surface area contributed by atoms with Crippen molar-refractivity contribution in [3.63, 3.8) is 0 Å². The van der Waals surface area contributed by atoms with Crippen LogP contribution in [0.4, 0.5) is 14.5 Å². The summed E-state index contributed by atoms with van der Waals surface area (Å²) in [5.41, 5.74) is 1.13. The van der Waals surface area contributed by atoms with Gasteiger partial charge in [0.25, 0.3) is 0 Å². The van der Waals surface area contributed by atoms with Crippen LogP contribution in [-0.4, -0.2) is 53.3 Å². The highest BCUT2D eigenvalue weighted by Crippen LogP contribution is 2.33. The number of benzene rings is 2. The van der Waals surface area contributed by atoms with Crippen molar-refractivity contribution >= 4 is 27.5 Å². The van der Waals surface area contributed by atoms with Crippen LogP contribution < -0.4 is 13.8 Å². The topological polar surface area (TPSA) is 99.2 Å². The van der Waals surface area contributed by atoms with E-state index in [1.807, 2.05) is 0 Å². The van der Waals surface area contributed by atoms with Gasteiger partial charge in [-0.15, -0.1) is 0 Å². The van der Waals surface area contributed by atoms with E-state index in [-0.39, 0.29) is 16.9 Å². The Morgan fingerprint density at radius 2 is 1.94 bits per heavy atom. The van der Waals surface area contributed by atoms with E-state index < -0.39 is 40.7 Å². The fourth-order valence-corrected chi connectivity index (χ4v) is 4.42. The van der Waals surface area contributed by atoms with Gasteiger partial charge in [-0.25, -0.2) is 13.2 Å². The van der Waals surface area contributed by atoms with Crippen molar-refractivity contribution in [2.45, 2.75) is 19.5 Å². The lowest BCUT2D eigenvalue weighted by Crippen LogP contribution is -2.34. The molecule has 2 aromatic rings. The maximum absolute atomic E-state index is 12.7. The van der Waals surface area contributed by atoms with Crippen molar-refractivity contribution in [1.29, 1.82) is 0 Å². The highest BCUT2D eigenvalue weighted by molar-refractivity contribution is 7.92. The van der Waals surface area contributed by atoms with Gasteiger partial charge in [0.2, 0.25) is 10.0 Å². The number of rotatable bonds is 8. The van der Waals surface area contributed by atoms with Gasteiger partial charge in [0.1, 0.15) is 5.56 Å². The molecule has 1 aliphatic rings. The van der Waals surface area contributed by atoms with Crippen LogP contribution in [0.1, 0.15) is 32.7 Å². The first kappa shape index (κ1) is 23.5. The van der Waals surface area contributed by atoms with E-state index in [1.54, 1.807) is 12.1 Å². The third-order valence-corrected chi connectivity index (χ3v) is 6.02. The molecule has 0 amide bonds. The van der Waals surface area contributed by atoms with E-state index in [2.05, 4.69) is 4.74 Å². The zero-order chi connectivity index (χ0) is 23.5. The number of esters is 1. The van der Waals surface area contributed by atoms with Crippen LogP contribution in [0.2, 0.25) is 0 Å². The summed E-state index contributed by atoms with van der Waals surface area (Å²) in [6.07, 6.45) is 2.32. The van der Waals surface area contributed by atoms with Crippen LogP contribution in [0.15, 0.2) is 36.4 Å². The monoisotopic (exact) mass is 469 g/mol. The van der Waals surface area contributed by atoms with E-state index in [0.717, 1.165) is 6.26 Å². The average molecular weight is 469 g/mol. The lowest BCUT2D eigenvalue weighted by molar-refractivity contribution is -0.0518. The molecule has 8 nitrogen and oxygen atoms in total. The molecule has 0 radical (unpaired) electrons. The molecule has 0 spiro atoms. The van der Waals surface area contributed by atoms with Gasteiger partial charge in [0.15, 0.2) is 23.9 Å². The summed E-state index contributed by atoms with van der Waals surface area (Å²) in [5.74, 6) is -2.14. The van der Waals surface area contributed by atoms with Crippen molar-refractivity contribution in [2.75, 3.05) is 30.8 Å². The van der Waals surface area contributed by atoms with Crippen molar-refractivity contribution in [3.8, 4) is 11.5 Å². The summed E-state index contributed by atoms with van der Waals surface area (Å²) < 4.78 is 65.0. The molecule has 1 aliphatic heterocycles. The van der Waals surface area contributed by atoms with Gasteiger partial charge < -0.3 is 14.2 Å². The second-order valence-corrected chi connectivity index (χ2v) is 8.90. The number of carbonyl (C=O) groups excluding carboxylic acids is 2. The maximum Gasteiger partial charge on any atom is 0.387 e. The molecular weight excluding hydrogens is 448 g/mol. The first-order valence-corrected chi connectivity index (χ1v) is 11.4. The first-order chi connectivity index (χ1) is 15.1. The number of fused-ring (bicyclic) bond motifs is 1. The molecule has 3 rings (SSSR count). The van der Waals surface area contributed by atoms with Crippen LogP contribution in [-0.2, 0) is 21.2 Å². The third-order valence-electron chi connectivity index (χ3n) is 4.84. The Bertz CT molecular complexity index is 1130. The third kappa shape index (κ3) is 5.16. The number of hydrogen-bond donors (Lipinski definition) is 0. The van der Waals surface area contributed by atoms with Crippen molar-refractivity contribution in [3.05, 3.63) is 53.1 Å². The Hall–Kier alpha value is -3.21. The van der Waals surface area contributed by atoms with Gasteiger partial charge in [0.05, 0.1) is 19.1 Å². The van der Waals surface area contributed by atoms with Crippen LogP contribution in [0.25, 0.3) is 0 Å². The molecule has 0 bridgehead atoms. The number of sulfonamides is 1. The first-order valence-electron chi connectivity index (χ1n) is 9.54. The average Bonchev–Trinajstić information content (AvgIpc) is 2.75. The highest BCUT2D eigenvalue weighted by Gasteiger charge is 2.26. The number of hydrogen-bond acceptors (Lipinski definition) is 7. The quantitative estimate of drug-likeness (QED) is 0.433. The normalized spacial score (nSPS) is 13.5. The zero-order valence-corrected chi connectivity index (χ0v) is 18.2. The standard InChI is InChI=1S/C21H21F2NO7S/c1-29-18-7-3-6-15(19(18)31-21(22)23)20(26)30-12-17(25)14-8-9-16-13(11-14)5-4-10-24(16)32(2,27)28/h3,6-9,11,21H,4-5,10,12H2,1-2H3. The number of carbonyl (C=O) groups is 2. The summed E-state index contributed by atoms with van der Waals surface area (Å²) in [6, 6.07) is 8.52. The minimum atomic E-state index is -3.44. The lowest BCUT2D eigenvalue weighted by Gasteiger charge is -2.29. The molecule has 0 N–H and O–H groups in total. The minimum Gasteiger partial charge on any atom is -0.493 e. The number of nitrogens with zero attached hydrogens (tertiary/aromatic N) is 1. The largest absolute Gasteiger partial charge is 0.493 e. The molecule has 0 aromatic heterocycles. The fraction of sp³-hybridized carbons (Fsp3) is 0.333. The zero-order valence-electron chi connectivity index (χ0n) is 17.3. The smallest absolute Gasteiger partial charge is 0.387 e. The molecule has 1 heterocycles. The number of alkyl halides is 2. The molecular formula is C21H21F2NO7S. The Labute approximate surface area is 183 Å². The molecule has 0 unspecified atom stereocenters. The molecule has 0 aliphatic carbocycles.